The molecule has 1 atom stereocenters. The molecule has 3 heteroatoms. The van der Waals surface area contributed by atoms with Gasteiger partial charge in [-0.2, -0.15) is 0 Å². The molecule has 1 heterocycles. The van der Waals surface area contributed by atoms with Crippen LogP contribution < -0.4 is 5.32 Å². The third kappa shape index (κ3) is 2.51. The van der Waals surface area contributed by atoms with E-state index in [2.05, 4.69) is 5.32 Å². The molecule has 1 spiro atoms. The lowest BCUT2D eigenvalue weighted by Crippen LogP contribution is -2.27. The van der Waals surface area contributed by atoms with Gasteiger partial charge in [0, 0.05) is 12.2 Å². The summed E-state index contributed by atoms with van der Waals surface area (Å²) in [6.07, 6.45) is 7.68. The summed E-state index contributed by atoms with van der Waals surface area (Å²) in [5, 5.41) is 3.27. The van der Waals surface area contributed by atoms with Crippen LogP contribution in [0.15, 0.2) is 24.3 Å². The molecule has 18 heavy (non-hydrogen) atoms. The molecule has 1 saturated carbocycles. The molecule has 1 aliphatic carbocycles. The van der Waals surface area contributed by atoms with E-state index in [1.807, 2.05) is 6.07 Å². The van der Waals surface area contributed by atoms with Crippen LogP contribution in [-0.2, 0) is 4.74 Å². The molecule has 0 amide bonds. The predicted octanol–water partition coefficient (Wildman–Crippen LogP) is 3.73. The second-order valence-electron chi connectivity index (χ2n) is 5.56. The Bertz CT molecular complexity index is 415. The Morgan fingerprint density at radius 3 is 2.89 bits per heavy atom. The second-order valence-corrected chi connectivity index (χ2v) is 5.56. The van der Waals surface area contributed by atoms with Gasteiger partial charge in [-0.1, -0.05) is 18.9 Å². The lowest BCUT2D eigenvalue weighted by atomic mass is 9.98. The van der Waals surface area contributed by atoms with Gasteiger partial charge in [0.15, 0.2) is 0 Å². The molecular weight excluding hydrogens is 229 g/mol. The number of halogens is 1. The van der Waals surface area contributed by atoms with Crippen molar-refractivity contribution in [2.45, 2.75) is 50.2 Å². The van der Waals surface area contributed by atoms with E-state index in [0.717, 1.165) is 18.7 Å². The van der Waals surface area contributed by atoms with E-state index in [4.69, 9.17) is 4.74 Å². The lowest BCUT2D eigenvalue weighted by Gasteiger charge is -2.24. The van der Waals surface area contributed by atoms with Crippen LogP contribution >= 0.6 is 0 Å². The normalized spacial score (nSPS) is 25.7. The van der Waals surface area contributed by atoms with Crippen LogP contribution in [0.25, 0.3) is 0 Å². The van der Waals surface area contributed by atoms with Gasteiger partial charge in [-0.05, 0) is 43.9 Å². The Morgan fingerprint density at radius 1 is 1.28 bits per heavy atom. The first-order valence-electron chi connectivity index (χ1n) is 6.93. The number of rotatable bonds is 3. The summed E-state index contributed by atoms with van der Waals surface area (Å²) >= 11 is 0. The van der Waals surface area contributed by atoms with Gasteiger partial charge in [-0.3, -0.25) is 0 Å². The topological polar surface area (TPSA) is 21.3 Å². The van der Waals surface area contributed by atoms with Gasteiger partial charge in [0.2, 0.25) is 0 Å². The minimum absolute atomic E-state index is 0.189. The van der Waals surface area contributed by atoms with Crippen LogP contribution in [0.5, 0.6) is 0 Å². The highest BCUT2D eigenvalue weighted by molar-refractivity contribution is 5.43. The molecule has 2 aliphatic rings. The molecular formula is C15H20FNO. The summed E-state index contributed by atoms with van der Waals surface area (Å²) in [5.74, 6) is -0.195. The SMILES string of the molecule is Fc1cccc(NCC2CCC3(CCCC3)O2)c1. The molecule has 1 aromatic carbocycles. The van der Waals surface area contributed by atoms with E-state index >= 15 is 0 Å². The molecule has 0 aromatic heterocycles. The zero-order chi connectivity index (χ0) is 12.4. The van der Waals surface area contributed by atoms with Crippen LogP contribution in [0.1, 0.15) is 38.5 Å². The van der Waals surface area contributed by atoms with Crippen molar-refractivity contribution in [3.63, 3.8) is 0 Å². The van der Waals surface area contributed by atoms with E-state index in [1.54, 1.807) is 6.07 Å². The zero-order valence-electron chi connectivity index (χ0n) is 10.6. The van der Waals surface area contributed by atoms with Gasteiger partial charge < -0.3 is 10.1 Å². The average Bonchev–Trinajstić information content (AvgIpc) is 2.98. The fourth-order valence-corrected chi connectivity index (χ4v) is 3.26. The van der Waals surface area contributed by atoms with E-state index in [-0.39, 0.29) is 17.5 Å². The first-order chi connectivity index (χ1) is 8.76. The van der Waals surface area contributed by atoms with Crippen molar-refractivity contribution in [3.05, 3.63) is 30.1 Å². The summed E-state index contributed by atoms with van der Waals surface area (Å²) in [6.45, 7) is 0.783. The average molecular weight is 249 g/mol. The van der Waals surface area contributed by atoms with Crippen LogP contribution in [0.2, 0.25) is 0 Å². The molecule has 0 bridgehead atoms. The number of ether oxygens (including phenoxy) is 1. The highest BCUT2D eigenvalue weighted by Gasteiger charge is 2.41. The second kappa shape index (κ2) is 4.88. The van der Waals surface area contributed by atoms with Gasteiger partial charge in [0.1, 0.15) is 5.82 Å². The molecule has 1 saturated heterocycles. The van der Waals surface area contributed by atoms with Crippen molar-refractivity contribution in [3.8, 4) is 0 Å². The molecule has 1 aliphatic heterocycles. The molecule has 1 aromatic rings. The Labute approximate surface area is 108 Å². The van der Waals surface area contributed by atoms with Crippen molar-refractivity contribution >= 4 is 5.69 Å². The van der Waals surface area contributed by atoms with Crippen LogP contribution in [-0.4, -0.2) is 18.2 Å². The van der Waals surface area contributed by atoms with Crippen molar-refractivity contribution < 1.29 is 9.13 Å². The van der Waals surface area contributed by atoms with Gasteiger partial charge >= 0.3 is 0 Å². The summed E-state index contributed by atoms with van der Waals surface area (Å²) in [6, 6.07) is 6.61. The van der Waals surface area contributed by atoms with Gasteiger partial charge in [-0.25, -0.2) is 4.39 Å². The van der Waals surface area contributed by atoms with Crippen LogP contribution in [0.3, 0.4) is 0 Å². The molecule has 2 nitrogen and oxygen atoms in total. The Kier molecular flexibility index (Phi) is 3.25. The van der Waals surface area contributed by atoms with Gasteiger partial charge in [0.25, 0.3) is 0 Å². The Balaban J connectivity index is 1.52. The number of benzene rings is 1. The van der Waals surface area contributed by atoms with Crippen molar-refractivity contribution in [2.24, 2.45) is 0 Å². The minimum atomic E-state index is -0.195. The van der Waals surface area contributed by atoms with Crippen molar-refractivity contribution in [2.75, 3.05) is 11.9 Å². The fourth-order valence-electron chi connectivity index (χ4n) is 3.26. The highest BCUT2D eigenvalue weighted by Crippen LogP contribution is 2.43. The maximum absolute atomic E-state index is 13.0. The van der Waals surface area contributed by atoms with E-state index in [9.17, 15) is 4.39 Å². The number of hydrogen-bond acceptors (Lipinski definition) is 2. The maximum atomic E-state index is 13.0. The largest absolute Gasteiger partial charge is 0.382 e. The minimum Gasteiger partial charge on any atom is -0.382 e. The molecule has 1 unspecified atom stereocenters. The molecule has 3 rings (SSSR count). The zero-order valence-corrected chi connectivity index (χ0v) is 10.6. The van der Waals surface area contributed by atoms with Crippen LogP contribution in [0.4, 0.5) is 10.1 Å². The smallest absolute Gasteiger partial charge is 0.125 e. The van der Waals surface area contributed by atoms with E-state index in [0.29, 0.717) is 0 Å². The van der Waals surface area contributed by atoms with Gasteiger partial charge in [0.05, 0.1) is 11.7 Å². The quantitative estimate of drug-likeness (QED) is 0.881. The van der Waals surface area contributed by atoms with Crippen molar-refractivity contribution in [1.29, 1.82) is 0 Å². The third-order valence-corrected chi connectivity index (χ3v) is 4.21. The number of hydrogen-bond donors (Lipinski definition) is 1. The van der Waals surface area contributed by atoms with Crippen molar-refractivity contribution in [1.82, 2.24) is 0 Å². The third-order valence-electron chi connectivity index (χ3n) is 4.21. The predicted molar refractivity (Wildman–Crippen MR) is 70.2 cm³/mol. The maximum Gasteiger partial charge on any atom is 0.125 e. The Hall–Kier alpha value is -1.09. The molecule has 1 N–H and O–H groups in total. The summed E-state index contributed by atoms with van der Waals surface area (Å²) in [7, 11) is 0. The number of anilines is 1. The first kappa shape index (κ1) is 12.0. The van der Waals surface area contributed by atoms with Gasteiger partial charge in [-0.15, -0.1) is 0 Å². The highest BCUT2D eigenvalue weighted by atomic mass is 19.1. The lowest BCUT2D eigenvalue weighted by molar-refractivity contribution is -0.0307. The van der Waals surface area contributed by atoms with Crippen LogP contribution in [0, 0.1) is 5.82 Å². The number of nitrogens with one attached hydrogen (secondary N) is 1. The first-order valence-corrected chi connectivity index (χ1v) is 6.93. The Morgan fingerprint density at radius 2 is 2.11 bits per heavy atom. The summed E-state index contributed by atoms with van der Waals surface area (Å²) < 4.78 is 19.2. The molecule has 2 fully saturated rings. The van der Waals surface area contributed by atoms with E-state index in [1.165, 1.54) is 44.2 Å². The molecule has 98 valence electrons. The monoisotopic (exact) mass is 249 g/mol. The fraction of sp³-hybridized carbons (Fsp3) is 0.600. The summed E-state index contributed by atoms with van der Waals surface area (Å²) in [4.78, 5) is 0. The summed E-state index contributed by atoms with van der Waals surface area (Å²) in [5.41, 5.74) is 1.03. The standard InChI is InChI=1S/C15H20FNO/c16-12-4-3-5-13(10-12)17-11-14-6-9-15(18-14)7-1-2-8-15/h3-5,10,14,17H,1-2,6-9,11H2. The molecule has 0 radical (unpaired) electrons. The van der Waals surface area contributed by atoms with E-state index < -0.39 is 0 Å².